The summed E-state index contributed by atoms with van der Waals surface area (Å²) in [6.07, 6.45) is 3.14. The van der Waals surface area contributed by atoms with Crippen LogP contribution < -0.4 is 11.1 Å². The summed E-state index contributed by atoms with van der Waals surface area (Å²) in [7, 11) is 1.65. The first-order chi connectivity index (χ1) is 10.1. The fraction of sp³-hybridized carbons (Fsp3) is 0.133. The van der Waals surface area contributed by atoms with E-state index in [0.717, 1.165) is 5.56 Å². The monoisotopic (exact) mass is 283 g/mol. The number of carbonyl (C=O) groups excluding carboxylic acids is 1. The Bertz CT molecular complexity index is 849. The van der Waals surface area contributed by atoms with Crippen LogP contribution in [0.25, 0.3) is 11.1 Å². The van der Waals surface area contributed by atoms with E-state index in [9.17, 15) is 9.59 Å². The molecule has 0 aliphatic carbocycles. The number of hydrogen-bond acceptors (Lipinski definition) is 4. The van der Waals surface area contributed by atoms with Crippen molar-refractivity contribution in [2.45, 2.75) is 6.54 Å². The molecule has 0 fully saturated rings. The molecule has 2 aromatic heterocycles. The number of oxazole rings is 1. The molecule has 0 radical (unpaired) electrons. The smallest absolute Gasteiger partial charge is 0.408 e. The molecule has 0 saturated heterocycles. The lowest BCUT2D eigenvalue weighted by molar-refractivity contribution is 0.0951. The molecule has 1 amide bonds. The topological polar surface area (TPSA) is 77.1 Å². The molecule has 0 bridgehead atoms. The van der Waals surface area contributed by atoms with Gasteiger partial charge in [0.2, 0.25) is 0 Å². The lowest BCUT2D eigenvalue weighted by Gasteiger charge is -2.05. The van der Waals surface area contributed by atoms with Crippen LogP contribution in [0.3, 0.4) is 0 Å². The number of rotatable bonds is 3. The molecule has 0 spiro atoms. The molecule has 1 aromatic carbocycles. The van der Waals surface area contributed by atoms with Crippen LogP contribution in [0.1, 0.15) is 15.9 Å². The van der Waals surface area contributed by atoms with Gasteiger partial charge in [0, 0.05) is 31.5 Å². The van der Waals surface area contributed by atoms with E-state index < -0.39 is 5.76 Å². The fourth-order valence-electron chi connectivity index (χ4n) is 2.07. The Morgan fingerprint density at radius 1 is 1.29 bits per heavy atom. The van der Waals surface area contributed by atoms with Gasteiger partial charge >= 0.3 is 5.76 Å². The summed E-state index contributed by atoms with van der Waals surface area (Å²) >= 11 is 0. The number of fused-ring (bicyclic) bond motifs is 1. The van der Waals surface area contributed by atoms with Crippen molar-refractivity contribution in [1.29, 1.82) is 0 Å². The molecule has 0 aliphatic heterocycles. The van der Waals surface area contributed by atoms with Crippen molar-refractivity contribution >= 4 is 17.0 Å². The molecule has 0 aliphatic rings. The van der Waals surface area contributed by atoms with Crippen LogP contribution in [0, 0.1) is 0 Å². The predicted molar refractivity (Wildman–Crippen MR) is 76.9 cm³/mol. The summed E-state index contributed by atoms with van der Waals surface area (Å²) in [6.45, 7) is 0.371. The van der Waals surface area contributed by atoms with Crippen molar-refractivity contribution in [1.82, 2.24) is 14.9 Å². The molecule has 21 heavy (non-hydrogen) atoms. The molecule has 3 rings (SSSR count). The first-order valence-electron chi connectivity index (χ1n) is 6.42. The average molecular weight is 283 g/mol. The molecule has 0 saturated carbocycles. The number of amides is 1. The van der Waals surface area contributed by atoms with Crippen molar-refractivity contribution in [3.63, 3.8) is 0 Å². The number of hydrogen-bond donors (Lipinski definition) is 1. The zero-order valence-electron chi connectivity index (χ0n) is 11.4. The van der Waals surface area contributed by atoms with Crippen LogP contribution in [0.15, 0.2) is 51.9 Å². The quantitative estimate of drug-likeness (QED) is 0.789. The van der Waals surface area contributed by atoms with Crippen molar-refractivity contribution in [2.24, 2.45) is 7.05 Å². The maximum Gasteiger partial charge on any atom is 0.419 e. The lowest BCUT2D eigenvalue weighted by Crippen LogP contribution is -2.22. The fourth-order valence-corrected chi connectivity index (χ4v) is 2.07. The van der Waals surface area contributed by atoms with E-state index in [1.807, 2.05) is 12.1 Å². The first kappa shape index (κ1) is 13.1. The van der Waals surface area contributed by atoms with E-state index in [4.69, 9.17) is 4.42 Å². The number of aromatic nitrogens is 2. The standard InChI is InChI=1S/C15H13N3O3/c1-18-12-8-10(2-3-13(12)21-15(18)20)9-17-14(19)11-4-6-16-7-5-11/h2-8H,9H2,1H3,(H,17,19). The van der Waals surface area contributed by atoms with Crippen molar-refractivity contribution in [3.8, 4) is 0 Å². The van der Waals surface area contributed by atoms with Crippen molar-refractivity contribution < 1.29 is 9.21 Å². The van der Waals surface area contributed by atoms with E-state index in [2.05, 4.69) is 10.3 Å². The van der Waals surface area contributed by atoms with Gasteiger partial charge in [0.1, 0.15) is 0 Å². The van der Waals surface area contributed by atoms with Crippen LogP contribution in [0.2, 0.25) is 0 Å². The van der Waals surface area contributed by atoms with Crippen molar-refractivity contribution in [2.75, 3.05) is 0 Å². The summed E-state index contributed by atoms with van der Waals surface area (Å²) in [4.78, 5) is 27.2. The second-order valence-electron chi connectivity index (χ2n) is 4.65. The molecule has 0 unspecified atom stereocenters. The SMILES string of the molecule is Cn1c(=O)oc2ccc(CNC(=O)c3ccncc3)cc21. The van der Waals surface area contributed by atoms with E-state index in [-0.39, 0.29) is 5.91 Å². The Kier molecular flexibility index (Phi) is 3.27. The molecule has 0 atom stereocenters. The van der Waals surface area contributed by atoms with Gasteiger partial charge < -0.3 is 9.73 Å². The molecular weight excluding hydrogens is 270 g/mol. The molecule has 6 heteroatoms. The zero-order chi connectivity index (χ0) is 14.8. The third-order valence-corrected chi connectivity index (χ3v) is 3.25. The average Bonchev–Trinajstić information content (AvgIpc) is 2.80. The number of carbonyl (C=O) groups is 1. The van der Waals surface area contributed by atoms with E-state index in [0.29, 0.717) is 23.2 Å². The van der Waals surface area contributed by atoms with Crippen LogP contribution in [0.5, 0.6) is 0 Å². The van der Waals surface area contributed by atoms with Crippen LogP contribution in [-0.4, -0.2) is 15.5 Å². The van der Waals surface area contributed by atoms with Gasteiger partial charge in [-0.25, -0.2) is 4.79 Å². The molecule has 6 nitrogen and oxygen atoms in total. The van der Waals surface area contributed by atoms with Crippen LogP contribution in [0.4, 0.5) is 0 Å². The highest BCUT2D eigenvalue weighted by atomic mass is 16.4. The third kappa shape index (κ3) is 2.55. The second-order valence-corrected chi connectivity index (χ2v) is 4.65. The minimum Gasteiger partial charge on any atom is -0.408 e. The first-order valence-corrected chi connectivity index (χ1v) is 6.42. The van der Waals surface area contributed by atoms with Crippen molar-refractivity contribution in [3.05, 3.63) is 64.4 Å². The maximum atomic E-state index is 11.9. The van der Waals surface area contributed by atoms with E-state index in [1.165, 1.54) is 4.57 Å². The Morgan fingerprint density at radius 2 is 2.05 bits per heavy atom. The highest BCUT2D eigenvalue weighted by Crippen LogP contribution is 2.14. The number of pyridine rings is 1. The lowest BCUT2D eigenvalue weighted by atomic mass is 10.2. The van der Waals surface area contributed by atoms with E-state index >= 15 is 0 Å². The molecule has 1 N–H and O–H groups in total. The van der Waals surface area contributed by atoms with Crippen LogP contribution in [-0.2, 0) is 13.6 Å². The summed E-state index contributed by atoms with van der Waals surface area (Å²) < 4.78 is 6.50. The summed E-state index contributed by atoms with van der Waals surface area (Å²) in [5, 5.41) is 2.82. The molecule has 106 valence electrons. The van der Waals surface area contributed by atoms with E-state index in [1.54, 1.807) is 37.6 Å². The Labute approximate surface area is 120 Å². The number of nitrogens with zero attached hydrogens (tertiary/aromatic N) is 2. The van der Waals surface area contributed by atoms with Gasteiger partial charge in [0.15, 0.2) is 5.58 Å². The van der Waals surface area contributed by atoms with Gasteiger partial charge in [-0.1, -0.05) is 6.07 Å². The van der Waals surface area contributed by atoms with Gasteiger partial charge in [-0.2, -0.15) is 0 Å². The minimum absolute atomic E-state index is 0.168. The largest absolute Gasteiger partial charge is 0.419 e. The number of benzene rings is 1. The second kappa shape index (κ2) is 5.24. The predicted octanol–water partition coefficient (Wildman–Crippen LogP) is 1.46. The van der Waals surface area contributed by atoms with Gasteiger partial charge in [0.25, 0.3) is 5.91 Å². The molecule has 2 heterocycles. The Hall–Kier alpha value is -2.89. The van der Waals surface area contributed by atoms with Gasteiger partial charge in [-0.05, 0) is 29.8 Å². The van der Waals surface area contributed by atoms with Gasteiger partial charge in [-0.3, -0.25) is 14.3 Å². The zero-order valence-corrected chi connectivity index (χ0v) is 11.4. The summed E-state index contributed by atoms with van der Waals surface area (Å²) in [5.41, 5.74) is 2.69. The normalized spacial score (nSPS) is 10.7. The van der Waals surface area contributed by atoms with Gasteiger partial charge in [-0.15, -0.1) is 0 Å². The summed E-state index contributed by atoms with van der Waals surface area (Å²) in [5.74, 6) is -0.568. The molecule has 3 aromatic rings. The van der Waals surface area contributed by atoms with Crippen LogP contribution >= 0.6 is 0 Å². The third-order valence-electron chi connectivity index (χ3n) is 3.25. The Balaban J connectivity index is 1.78. The Morgan fingerprint density at radius 3 is 2.81 bits per heavy atom. The van der Waals surface area contributed by atoms with Gasteiger partial charge in [0.05, 0.1) is 5.52 Å². The number of nitrogens with one attached hydrogen (secondary N) is 1. The minimum atomic E-state index is -0.400. The maximum absolute atomic E-state index is 11.9. The number of aryl methyl sites for hydroxylation is 1. The highest BCUT2D eigenvalue weighted by molar-refractivity contribution is 5.93. The molecular formula is C15H13N3O3. The highest BCUT2D eigenvalue weighted by Gasteiger charge is 2.08. The summed E-state index contributed by atoms with van der Waals surface area (Å²) in [6, 6.07) is 8.67.